The third-order valence-electron chi connectivity index (χ3n) is 4.07. The van der Waals surface area contributed by atoms with Gasteiger partial charge in [0.1, 0.15) is 0 Å². The first kappa shape index (κ1) is 26.8. The van der Waals surface area contributed by atoms with Crippen molar-refractivity contribution in [1.29, 1.82) is 0 Å². The Bertz CT molecular complexity index is 299. The number of phosphoric acid groups is 1. The van der Waals surface area contributed by atoms with Crippen molar-refractivity contribution in [2.75, 3.05) is 38.4 Å². The molecule has 0 radical (unpaired) electrons. The maximum Gasteiger partial charge on any atom is 0.267 e. The van der Waals surface area contributed by atoms with Gasteiger partial charge < -0.3 is 13.9 Å². The maximum atomic E-state index is 11.0. The summed E-state index contributed by atoms with van der Waals surface area (Å²) in [6.07, 6.45) is 12.0. The van der Waals surface area contributed by atoms with E-state index in [1.807, 2.05) is 13.8 Å². The molecule has 0 saturated heterocycles. The van der Waals surface area contributed by atoms with Gasteiger partial charge in [-0.2, -0.15) is 0 Å². The first-order valence-electron chi connectivity index (χ1n) is 9.74. The van der Waals surface area contributed by atoms with Crippen LogP contribution in [-0.4, -0.2) is 38.4 Å². The predicted molar refractivity (Wildman–Crippen MR) is 108 cm³/mol. The largest absolute Gasteiger partial charge is 0.756 e. The lowest BCUT2D eigenvalue weighted by molar-refractivity contribution is -0.225. The molecule has 0 rings (SSSR count). The van der Waals surface area contributed by atoms with Crippen LogP contribution in [0.1, 0.15) is 79.6 Å². The van der Waals surface area contributed by atoms with E-state index in [2.05, 4.69) is 36.5 Å². The fourth-order valence-corrected chi connectivity index (χ4v) is 5.98. The summed E-state index contributed by atoms with van der Waals surface area (Å²) in [4.78, 5) is 11.0. The second kappa shape index (κ2) is 17.0. The van der Waals surface area contributed by atoms with Crippen LogP contribution in [0.3, 0.4) is 0 Å². The Labute approximate surface area is 152 Å². The summed E-state index contributed by atoms with van der Waals surface area (Å²) in [5.74, 6) is 0. The smallest absolute Gasteiger partial charge is 0.267 e. The van der Waals surface area contributed by atoms with Crippen LogP contribution in [0.4, 0.5) is 0 Å². The molecule has 0 aliphatic carbocycles. The summed E-state index contributed by atoms with van der Waals surface area (Å²) in [7, 11) is -4.47. The van der Waals surface area contributed by atoms with Gasteiger partial charge in [0.25, 0.3) is 7.82 Å². The fourth-order valence-electron chi connectivity index (χ4n) is 2.19. The summed E-state index contributed by atoms with van der Waals surface area (Å²) in [6.45, 7) is 13.9. The molecule has 6 heteroatoms. The molecule has 0 spiro atoms. The van der Waals surface area contributed by atoms with Gasteiger partial charge in [-0.3, -0.25) is 4.57 Å². The molecule has 0 bridgehead atoms. The van der Waals surface area contributed by atoms with Gasteiger partial charge in [0.15, 0.2) is 0 Å². The van der Waals surface area contributed by atoms with Crippen LogP contribution in [0, 0.1) is 0 Å². The van der Waals surface area contributed by atoms with Gasteiger partial charge in [-0.05, 0) is 32.6 Å². The lowest BCUT2D eigenvalue weighted by Gasteiger charge is -2.22. The molecule has 0 fully saturated rings. The van der Waals surface area contributed by atoms with Crippen LogP contribution in [0.2, 0.25) is 0 Å². The highest BCUT2D eigenvalue weighted by molar-refractivity contribution is 7.75. The molecule has 0 heterocycles. The van der Waals surface area contributed by atoms with E-state index in [0.717, 1.165) is 25.7 Å². The molecule has 148 valence electrons. The van der Waals surface area contributed by atoms with E-state index in [1.54, 1.807) is 0 Å². The molecule has 0 aromatic heterocycles. The zero-order valence-electron chi connectivity index (χ0n) is 17.0. The Kier molecular flexibility index (Phi) is 18.9. The predicted octanol–water partition coefficient (Wildman–Crippen LogP) is 5.95. The van der Waals surface area contributed by atoms with Crippen molar-refractivity contribution in [2.45, 2.75) is 79.6 Å². The van der Waals surface area contributed by atoms with Crippen LogP contribution in [0.15, 0.2) is 0 Å². The minimum Gasteiger partial charge on any atom is -0.756 e. The van der Waals surface area contributed by atoms with Crippen LogP contribution >= 0.6 is 15.1 Å². The number of unbranched alkanes of at least 4 members (excludes halogenated alkanes) is 3. The topological polar surface area (TPSA) is 58.6 Å². The van der Waals surface area contributed by atoms with Crippen molar-refractivity contribution in [3.8, 4) is 0 Å². The minimum atomic E-state index is -4.00. The number of hydrogen-bond donors (Lipinski definition) is 0. The molecule has 0 aromatic carbocycles. The van der Waals surface area contributed by atoms with Gasteiger partial charge in [0, 0.05) is 13.9 Å². The van der Waals surface area contributed by atoms with Crippen molar-refractivity contribution < 1.29 is 18.5 Å². The number of hydrogen-bond acceptors (Lipinski definition) is 4. The highest BCUT2D eigenvalue weighted by atomic mass is 31.2. The minimum absolute atomic E-state index is 0.226. The fraction of sp³-hybridized carbons (Fsp3) is 1.00. The van der Waals surface area contributed by atoms with Crippen LogP contribution < -0.4 is 4.89 Å². The number of rotatable bonds is 14. The van der Waals surface area contributed by atoms with E-state index < -0.39 is 15.1 Å². The summed E-state index contributed by atoms with van der Waals surface area (Å²) in [6, 6.07) is 0. The zero-order chi connectivity index (χ0) is 18.9. The highest BCUT2D eigenvalue weighted by Gasteiger charge is 2.26. The summed E-state index contributed by atoms with van der Waals surface area (Å²) in [5, 5.41) is 0. The average molecular weight is 384 g/mol. The first-order chi connectivity index (χ1) is 11.3. The normalized spacial score (nSPS) is 14.0. The second-order valence-corrected chi connectivity index (χ2v) is 12.7. The Morgan fingerprint density at radius 2 is 1.25 bits per heavy atom. The highest BCUT2D eigenvalue weighted by Crippen LogP contribution is 2.55. The molecular formula is C18H42O4P2. The number of phosphoric ester groups is 1. The Balaban J connectivity index is 0. The molecule has 1 unspecified atom stereocenters. The zero-order valence-corrected chi connectivity index (χ0v) is 18.8. The van der Waals surface area contributed by atoms with Gasteiger partial charge in [-0.1, -0.05) is 47.0 Å². The molecule has 0 aliphatic heterocycles. The van der Waals surface area contributed by atoms with Crippen LogP contribution in [0.25, 0.3) is 0 Å². The van der Waals surface area contributed by atoms with E-state index in [4.69, 9.17) is 0 Å². The lowest BCUT2D eigenvalue weighted by atomic mass is 10.4. The lowest BCUT2D eigenvalue weighted by Crippen LogP contribution is -2.09. The Morgan fingerprint density at radius 1 is 0.792 bits per heavy atom. The van der Waals surface area contributed by atoms with Gasteiger partial charge in [-0.25, -0.2) is 0 Å². The standard InChI is InChI=1S/C10H24P.C8H19O4P/c1-5-8-10-11(4,7-3)9-6-2;1-3-5-7-11-13(9,10)12-8-6-4-2/h5-10H2,1-4H3;3-8H2,1-2H3,(H,9,10)/q+1;/p-1. The van der Waals surface area contributed by atoms with E-state index in [-0.39, 0.29) is 13.2 Å². The second-order valence-electron chi connectivity index (χ2n) is 6.56. The van der Waals surface area contributed by atoms with Gasteiger partial charge in [0.05, 0.1) is 31.7 Å². The van der Waals surface area contributed by atoms with E-state index >= 15 is 0 Å². The molecule has 0 amide bonds. The molecular weight excluding hydrogens is 342 g/mol. The van der Waals surface area contributed by atoms with Crippen molar-refractivity contribution in [1.82, 2.24) is 0 Å². The molecule has 0 saturated carbocycles. The third-order valence-corrected chi connectivity index (χ3v) is 9.52. The molecule has 24 heavy (non-hydrogen) atoms. The van der Waals surface area contributed by atoms with E-state index in [1.165, 1.54) is 37.7 Å². The summed E-state index contributed by atoms with van der Waals surface area (Å²) >= 11 is 0. The Hall–Kier alpha value is 0.540. The van der Waals surface area contributed by atoms with E-state index in [9.17, 15) is 9.46 Å². The SMILES string of the molecule is CCCCOP(=O)([O-])OCCCC.CCCC[P+](C)(CC)CCC. The van der Waals surface area contributed by atoms with Crippen LogP contribution in [-0.2, 0) is 13.6 Å². The molecule has 4 nitrogen and oxygen atoms in total. The van der Waals surface area contributed by atoms with Gasteiger partial charge in [-0.15, -0.1) is 0 Å². The summed E-state index contributed by atoms with van der Waals surface area (Å²) in [5.41, 5.74) is 0. The quantitative estimate of drug-likeness (QED) is 0.274. The van der Waals surface area contributed by atoms with Crippen LogP contribution in [0.5, 0.6) is 0 Å². The monoisotopic (exact) mass is 384 g/mol. The molecule has 0 N–H and O–H groups in total. The summed E-state index contributed by atoms with van der Waals surface area (Å²) < 4.78 is 20.2. The van der Waals surface area contributed by atoms with Gasteiger partial charge >= 0.3 is 0 Å². The molecule has 1 atom stereocenters. The first-order valence-corrected chi connectivity index (χ1v) is 14.0. The van der Waals surface area contributed by atoms with E-state index in [0.29, 0.717) is 0 Å². The Morgan fingerprint density at radius 3 is 1.58 bits per heavy atom. The molecule has 0 aromatic rings. The maximum absolute atomic E-state index is 11.0. The van der Waals surface area contributed by atoms with Crippen molar-refractivity contribution >= 4 is 15.1 Å². The van der Waals surface area contributed by atoms with Crippen molar-refractivity contribution in [3.63, 3.8) is 0 Å². The van der Waals surface area contributed by atoms with Crippen molar-refractivity contribution in [2.24, 2.45) is 0 Å². The molecule has 0 aliphatic rings. The van der Waals surface area contributed by atoms with Gasteiger partial charge in [0.2, 0.25) is 0 Å². The average Bonchev–Trinajstić information content (AvgIpc) is 2.54. The third kappa shape index (κ3) is 17.4. The van der Waals surface area contributed by atoms with Crippen molar-refractivity contribution in [3.05, 3.63) is 0 Å².